The molecule has 2 rings (SSSR count). The van der Waals surface area contributed by atoms with Crippen molar-refractivity contribution in [2.75, 3.05) is 6.54 Å². The molecule has 1 aliphatic heterocycles. The highest BCUT2D eigenvalue weighted by Crippen LogP contribution is 2.19. The number of nitrogens with zero attached hydrogens (tertiary/aromatic N) is 1. The number of benzene rings is 1. The second-order valence-electron chi connectivity index (χ2n) is 6.16. The number of likely N-dealkylation sites (tertiary alicyclic amines) is 1. The zero-order chi connectivity index (χ0) is 17.7. The number of nitrogens with one attached hydrogen (secondary N) is 1. The summed E-state index contributed by atoms with van der Waals surface area (Å²) in [6.07, 6.45) is 1.29. The monoisotopic (exact) mass is 333 g/mol. The van der Waals surface area contributed by atoms with Crippen LogP contribution >= 0.6 is 0 Å². The van der Waals surface area contributed by atoms with Crippen LogP contribution in [0.15, 0.2) is 30.3 Å². The van der Waals surface area contributed by atoms with E-state index < -0.39 is 24.1 Å². The Bertz CT molecular complexity index is 603. The Morgan fingerprint density at radius 1 is 1.33 bits per heavy atom. The first-order valence-electron chi connectivity index (χ1n) is 8.09. The third-order valence-corrected chi connectivity index (χ3v) is 4.15. The summed E-state index contributed by atoms with van der Waals surface area (Å²) in [5, 5.41) is 13.9. The maximum Gasteiger partial charge on any atom is 0.278 e. The molecule has 7 heteroatoms. The lowest BCUT2D eigenvalue weighted by Crippen LogP contribution is -2.67. The number of quaternary nitrogens is 1. The minimum atomic E-state index is -1.25. The third kappa shape index (κ3) is 4.32. The van der Waals surface area contributed by atoms with Gasteiger partial charge in [0.15, 0.2) is 6.04 Å². The molecule has 0 saturated carbocycles. The lowest BCUT2D eigenvalue weighted by molar-refractivity contribution is -0.398. The van der Waals surface area contributed by atoms with E-state index in [1.54, 1.807) is 6.92 Å². The summed E-state index contributed by atoms with van der Waals surface area (Å²) in [4.78, 5) is 37.4. The number of hydrogen-bond donors (Lipinski definition) is 2. The maximum atomic E-state index is 12.8. The van der Waals surface area contributed by atoms with E-state index in [4.69, 9.17) is 0 Å². The Morgan fingerprint density at radius 2 is 2.00 bits per heavy atom. The number of carboxylic acids is 1. The Hall–Kier alpha value is -2.41. The highest BCUT2D eigenvalue weighted by molar-refractivity contribution is 5.91. The van der Waals surface area contributed by atoms with Crippen molar-refractivity contribution in [2.24, 2.45) is 0 Å². The number of aliphatic carboxylic acids is 1. The normalized spacial score (nSPS) is 19.6. The molecule has 130 valence electrons. The van der Waals surface area contributed by atoms with Gasteiger partial charge in [0.2, 0.25) is 5.91 Å². The fourth-order valence-corrected chi connectivity index (χ4v) is 2.84. The molecule has 0 radical (unpaired) electrons. The quantitative estimate of drug-likeness (QED) is 0.631. The van der Waals surface area contributed by atoms with Crippen LogP contribution in [-0.4, -0.2) is 47.4 Å². The largest absolute Gasteiger partial charge is 0.548 e. The average Bonchev–Trinajstić information content (AvgIpc) is 3.04. The summed E-state index contributed by atoms with van der Waals surface area (Å²) in [7, 11) is 0. The van der Waals surface area contributed by atoms with E-state index in [1.165, 1.54) is 4.90 Å². The summed E-state index contributed by atoms with van der Waals surface area (Å²) >= 11 is 0. The fourth-order valence-electron chi connectivity index (χ4n) is 2.84. The van der Waals surface area contributed by atoms with Crippen LogP contribution in [-0.2, 0) is 20.8 Å². The number of carboxylic acid groups (broad SMARTS) is 1. The molecule has 7 nitrogen and oxygen atoms in total. The topological polar surface area (TPSA) is 117 Å². The summed E-state index contributed by atoms with van der Waals surface area (Å²) in [6, 6.07) is 7.04. The fraction of sp³-hybridized carbons (Fsp3) is 0.471. The van der Waals surface area contributed by atoms with Gasteiger partial charge in [0.1, 0.15) is 6.04 Å². The predicted molar refractivity (Wildman–Crippen MR) is 84.2 cm³/mol. The van der Waals surface area contributed by atoms with E-state index in [2.05, 4.69) is 11.1 Å². The van der Waals surface area contributed by atoms with E-state index in [1.807, 2.05) is 30.3 Å². The molecular formula is C17H23N3O4. The van der Waals surface area contributed by atoms with Crippen molar-refractivity contribution >= 4 is 17.8 Å². The zero-order valence-corrected chi connectivity index (χ0v) is 13.7. The van der Waals surface area contributed by atoms with Gasteiger partial charge in [0.05, 0.1) is 12.0 Å². The van der Waals surface area contributed by atoms with E-state index in [-0.39, 0.29) is 11.8 Å². The maximum absolute atomic E-state index is 12.8. The number of carbonyl (C=O) groups excluding carboxylic acids is 3. The lowest BCUT2D eigenvalue weighted by Gasteiger charge is -2.30. The summed E-state index contributed by atoms with van der Waals surface area (Å²) in [5.41, 5.74) is 4.54. The number of carbonyl (C=O) groups is 3. The average molecular weight is 333 g/mol. The molecular weight excluding hydrogens is 310 g/mol. The van der Waals surface area contributed by atoms with Gasteiger partial charge in [-0.15, -0.1) is 0 Å². The SMILES string of the molecule is C[C@H]([NH3+])C(=O)N[C@@H](Cc1ccccc1)C(=O)N1CCC[C@@H]1C(=O)[O-]. The molecule has 3 atom stereocenters. The molecule has 2 amide bonds. The molecule has 0 spiro atoms. The van der Waals surface area contributed by atoms with Crippen LogP contribution in [0.3, 0.4) is 0 Å². The van der Waals surface area contributed by atoms with Gasteiger partial charge in [0, 0.05) is 13.0 Å². The van der Waals surface area contributed by atoms with E-state index in [0.29, 0.717) is 25.8 Å². The van der Waals surface area contributed by atoms with Crippen molar-refractivity contribution in [1.82, 2.24) is 10.2 Å². The minimum Gasteiger partial charge on any atom is -0.548 e. The van der Waals surface area contributed by atoms with Gasteiger partial charge in [0.25, 0.3) is 5.91 Å². The van der Waals surface area contributed by atoms with Gasteiger partial charge in [-0.05, 0) is 25.3 Å². The standard InChI is InChI=1S/C17H23N3O4/c1-11(18)15(21)19-13(10-12-6-3-2-4-7-12)16(22)20-9-5-8-14(20)17(23)24/h2-4,6-7,11,13-14H,5,8-10,18H2,1H3,(H,19,21)(H,23,24)/t11-,13-,14+/m0/s1. The highest BCUT2D eigenvalue weighted by Gasteiger charge is 2.35. The number of rotatable bonds is 6. The van der Waals surface area contributed by atoms with Gasteiger partial charge in [-0.2, -0.15) is 0 Å². The Morgan fingerprint density at radius 3 is 2.58 bits per heavy atom. The van der Waals surface area contributed by atoms with Gasteiger partial charge >= 0.3 is 0 Å². The van der Waals surface area contributed by atoms with Crippen LogP contribution in [0.25, 0.3) is 0 Å². The Balaban J connectivity index is 2.19. The molecule has 0 aliphatic carbocycles. The number of hydrogen-bond acceptors (Lipinski definition) is 4. The molecule has 0 unspecified atom stereocenters. The second-order valence-corrected chi connectivity index (χ2v) is 6.16. The van der Waals surface area contributed by atoms with Crippen molar-refractivity contribution in [3.63, 3.8) is 0 Å². The first-order chi connectivity index (χ1) is 11.4. The van der Waals surface area contributed by atoms with Crippen molar-refractivity contribution in [3.05, 3.63) is 35.9 Å². The molecule has 0 aromatic heterocycles. The molecule has 1 aromatic carbocycles. The molecule has 1 saturated heterocycles. The van der Waals surface area contributed by atoms with Crippen molar-refractivity contribution in [1.29, 1.82) is 0 Å². The lowest BCUT2D eigenvalue weighted by atomic mass is 10.0. The van der Waals surface area contributed by atoms with Crippen LogP contribution < -0.4 is 16.2 Å². The van der Waals surface area contributed by atoms with Crippen molar-refractivity contribution < 1.29 is 25.2 Å². The van der Waals surface area contributed by atoms with Crippen LogP contribution in [0.5, 0.6) is 0 Å². The second kappa shape index (κ2) is 7.92. The predicted octanol–water partition coefficient (Wildman–Crippen LogP) is -1.91. The molecule has 0 bridgehead atoms. The van der Waals surface area contributed by atoms with Crippen LogP contribution in [0.2, 0.25) is 0 Å². The molecule has 1 fully saturated rings. The van der Waals surface area contributed by atoms with Crippen LogP contribution in [0, 0.1) is 0 Å². The van der Waals surface area contributed by atoms with Crippen LogP contribution in [0.1, 0.15) is 25.3 Å². The molecule has 4 N–H and O–H groups in total. The third-order valence-electron chi connectivity index (χ3n) is 4.15. The Kier molecular flexibility index (Phi) is 5.92. The summed E-state index contributed by atoms with van der Waals surface area (Å²) < 4.78 is 0. The van der Waals surface area contributed by atoms with E-state index >= 15 is 0 Å². The van der Waals surface area contributed by atoms with Gasteiger partial charge in [-0.25, -0.2) is 0 Å². The molecule has 1 aliphatic rings. The van der Waals surface area contributed by atoms with Gasteiger partial charge < -0.3 is 25.9 Å². The number of amides is 2. The molecule has 1 heterocycles. The summed E-state index contributed by atoms with van der Waals surface area (Å²) in [5.74, 6) is -1.98. The van der Waals surface area contributed by atoms with Crippen molar-refractivity contribution in [3.8, 4) is 0 Å². The summed E-state index contributed by atoms with van der Waals surface area (Å²) in [6.45, 7) is 2.00. The smallest absolute Gasteiger partial charge is 0.278 e. The molecule has 24 heavy (non-hydrogen) atoms. The minimum absolute atomic E-state index is 0.300. The van der Waals surface area contributed by atoms with E-state index in [9.17, 15) is 19.5 Å². The molecule has 1 aromatic rings. The zero-order valence-electron chi connectivity index (χ0n) is 13.7. The first kappa shape index (κ1) is 17.9. The van der Waals surface area contributed by atoms with Crippen molar-refractivity contribution in [2.45, 2.75) is 44.3 Å². The highest BCUT2D eigenvalue weighted by atomic mass is 16.4. The van der Waals surface area contributed by atoms with E-state index in [0.717, 1.165) is 5.56 Å². The van der Waals surface area contributed by atoms with Gasteiger partial charge in [-0.3, -0.25) is 9.59 Å². The van der Waals surface area contributed by atoms with Gasteiger partial charge in [-0.1, -0.05) is 30.3 Å². The Labute approximate surface area is 140 Å². The van der Waals surface area contributed by atoms with Crippen LogP contribution in [0.4, 0.5) is 0 Å². The first-order valence-corrected chi connectivity index (χ1v) is 8.09.